The van der Waals surface area contributed by atoms with Gasteiger partial charge in [0.15, 0.2) is 8.32 Å². The van der Waals surface area contributed by atoms with Crippen molar-refractivity contribution in [2.75, 3.05) is 6.61 Å². The molecular weight excluding hydrogens is 511 g/mol. The van der Waals surface area contributed by atoms with Crippen LogP contribution in [0.2, 0.25) is 18.1 Å². The van der Waals surface area contributed by atoms with Gasteiger partial charge in [-0.15, -0.1) is 0 Å². The Labute approximate surface area is 201 Å². The quantitative estimate of drug-likeness (QED) is 0.244. The fraction of sp³-hybridized carbons (Fsp3) is 0.619. The van der Waals surface area contributed by atoms with E-state index in [1.54, 1.807) is 6.92 Å². The van der Waals surface area contributed by atoms with Crippen molar-refractivity contribution in [3.05, 3.63) is 41.8 Å². The lowest BCUT2D eigenvalue weighted by atomic mass is 9.99. The summed E-state index contributed by atoms with van der Waals surface area (Å²) in [5.41, 5.74) is -4.94. The molecule has 2 rings (SSSR count). The highest BCUT2D eigenvalue weighted by atomic mass is 32.2. The molecule has 0 spiro atoms. The molecule has 0 unspecified atom stereocenters. The minimum absolute atomic E-state index is 0.0691. The van der Waals surface area contributed by atoms with E-state index < -0.39 is 45.9 Å². The van der Waals surface area contributed by atoms with Crippen molar-refractivity contribution in [2.24, 2.45) is 5.92 Å². The SMILES string of the molecule is Cc1ccc(S(=O)(=O)N2C(OS(=O)(=O)C(F)(F)F)=CC[C@H]2CO[Si](C)(C)C(C)(C)C(C)C)cc1. The molecule has 0 amide bonds. The summed E-state index contributed by atoms with van der Waals surface area (Å²) in [6.45, 7) is 13.8. The molecular formula is C21H32F3NO6S2Si. The summed E-state index contributed by atoms with van der Waals surface area (Å²) in [5.74, 6) is -0.645. The molecule has 0 fully saturated rings. The van der Waals surface area contributed by atoms with E-state index in [9.17, 15) is 30.0 Å². The number of halogens is 3. The largest absolute Gasteiger partial charge is 0.534 e. The van der Waals surface area contributed by atoms with Crippen molar-refractivity contribution < 1.29 is 38.6 Å². The number of hydrogen-bond acceptors (Lipinski definition) is 6. The first-order chi connectivity index (χ1) is 15.2. The summed E-state index contributed by atoms with van der Waals surface area (Å²) in [4.78, 5) is -0.206. The maximum Gasteiger partial charge on any atom is 0.534 e. The Morgan fingerprint density at radius 1 is 1.09 bits per heavy atom. The van der Waals surface area contributed by atoms with Crippen LogP contribution < -0.4 is 0 Å². The first kappa shape index (κ1) is 28.7. The van der Waals surface area contributed by atoms with Crippen LogP contribution >= 0.6 is 0 Å². The van der Waals surface area contributed by atoms with Gasteiger partial charge < -0.3 is 8.61 Å². The van der Waals surface area contributed by atoms with Gasteiger partial charge in [0.05, 0.1) is 17.5 Å². The zero-order valence-electron chi connectivity index (χ0n) is 20.3. The van der Waals surface area contributed by atoms with Gasteiger partial charge in [-0.1, -0.05) is 45.4 Å². The predicted molar refractivity (Wildman–Crippen MR) is 125 cm³/mol. The molecule has 1 aliphatic rings. The smallest absolute Gasteiger partial charge is 0.415 e. The maximum atomic E-state index is 13.4. The lowest BCUT2D eigenvalue weighted by Gasteiger charge is -2.43. The third-order valence-corrected chi connectivity index (χ3v) is 14.2. The Kier molecular flexibility index (Phi) is 7.98. The molecule has 0 radical (unpaired) electrons. The van der Waals surface area contributed by atoms with Crippen molar-refractivity contribution in [3.63, 3.8) is 0 Å². The standard InChI is InChI=1S/C21H32F3NO6S2Si/c1-15(2)20(4,5)34(6,7)30-14-17-10-13-19(31-33(28,29)21(22,23)24)25(17)32(26,27)18-11-8-16(3)9-12-18/h8-9,11-13,15,17H,10,14H2,1-7H3/t17-/m0/s1. The molecule has 7 nitrogen and oxygen atoms in total. The summed E-state index contributed by atoms with van der Waals surface area (Å²) in [6, 6.07) is 4.70. The van der Waals surface area contributed by atoms with E-state index in [0.29, 0.717) is 4.31 Å². The Morgan fingerprint density at radius 3 is 2.09 bits per heavy atom. The van der Waals surface area contributed by atoms with Crippen LogP contribution in [0.25, 0.3) is 0 Å². The summed E-state index contributed by atoms with van der Waals surface area (Å²) in [7, 11) is -12.9. The average molecular weight is 544 g/mol. The van der Waals surface area contributed by atoms with Crippen LogP contribution in [0.1, 0.15) is 39.7 Å². The number of rotatable bonds is 9. The van der Waals surface area contributed by atoms with Crippen LogP contribution in [0.3, 0.4) is 0 Å². The van der Waals surface area contributed by atoms with Gasteiger partial charge in [0.25, 0.3) is 10.0 Å². The molecule has 1 atom stereocenters. The first-order valence-electron chi connectivity index (χ1n) is 10.7. The fourth-order valence-electron chi connectivity index (χ4n) is 3.29. The highest BCUT2D eigenvalue weighted by Gasteiger charge is 2.52. The van der Waals surface area contributed by atoms with Crippen LogP contribution in [-0.4, -0.2) is 47.6 Å². The Balaban J connectivity index is 2.44. The lowest BCUT2D eigenvalue weighted by molar-refractivity contribution is -0.0532. The van der Waals surface area contributed by atoms with Crippen LogP contribution in [0.4, 0.5) is 13.2 Å². The average Bonchev–Trinajstić information content (AvgIpc) is 3.08. The van der Waals surface area contributed by atoms with E-state index in [2.05, 4.69) is 31.9 Å². The molecule has 0 bridgehead atoms. The van der Waals surface area contributed by atoms with Crippen LogP contribution in [-0.2, 0) is 28.8 Å². The lowest BCUT2D eigenvalue weighted by Crippen LogP contribution is -2.49. The molecule has 0 saturated heterocycles. The van der Waals surface area contributed by atoms with Gasteiger partial charge in [-0.05, 0) is 55.6 Å². The van der Waals surface area contributed by atoms with E-state index in [1.807, 2.05) is 13.1 Å². The van der Waals surface area contributed by atoms with Gasteiger partial charge >= 0.3 is 15.6 Å². The maximum absolute atomic E-state index is 13.4. The second-order valence-electron chi connectivity index (χ2n) is 9.73. The zero-order valence-corrected chi connectivity index (χ0v) is 22.9. The molecule has 0 aliphatic carbocycles. The third-order valence-electron chi connectivity index (χ3n) is 6.80. The molecule has 1 aliphatic heterocycles. The highest BCUT2D eigenvalue weighted by molar-refractivity contribution is 7.89. The fourth-order valence-corrected chi connectivity index (χ4v) is 7.77. The molecule has 1 heterocycles. The van der Waals surface area contributed by atoms with Gasteiger partial charge in [0.2, 0.25) is 5.88 Å². The minimum atomic E-state index is -6.07. The van der Waals surface area contributed by atoms with Gasteiger partial charge in [-0.3, -0.25) is 0 Å². The normalized spacial score (nSPS) is 18.4. The number of nitrogens with zero attached hydrogens (tertiary/aromatic N) is 1. The molecule has 0 N–H and O–H groups in total. The van der Waals surface area contributed by atoms with Crippen molar-refractivity contribution >= 4 is 28.5 Å². The molecule has 1 aromatic rings. The summed E-state index contributed by atoms with van der Waals surface area (Å²) in [5, 5.41) is -0.196. The van der Waals surface area contributed by atoms with Crippen molar-refractivity contribution in [1.29, 1.82) is 0 Å². The molecule has 0 aromatic heterocycles. The Bertz CT molecular complexity index is 1130. The van der Waals surface area contributed by atoms with Crippen molar-refractivity contribution in [3.8, 4) is 0 Å². The van der Waals surface area contributed by atoms with Crippen LogP contribution in [0.5, 0.6) is 0 Å². The number of hydrogen-bond donors (Lipinski definition) is 0. The summed E-state index contributed by atoms with van der Waals surface area (Å²) >= 11 is 0. The van der Waals surface area contributed by atoms with Crippen molar-refractivity contribution in [1.82, 2.24) is 4.31 Å². The summed E-state index contributed by atoms with van der Waals surface area (Å²) in [6.07, 6.45) is 0.964. The topological polar surface area (TPSA) is 90.0 Å². The van der Waals surface area contributed by atoms with E-state index in [1.165, 1.54) is 24.3 Å². The monoisotopic (exact) mass is 543 g/mol. The zero-order chi connectivity index (χ0) is 26.3. The molecule has 194 valence electrons. The Hall–Kier alpha value is -1.57. The van der Waals surface area contributed by atoms with E-state index in [4.69, 9.17) is 4.43 Å². The molecule has 34 heavy (non-hydrogen) atoms. The third kappa shape index (κ3) is 5.63. The Morgan fingerprint density at radius 2 is 1.62 bits per heavy atom. The van der Waals surface area contributed by atoms with Crippen molar-refractivity contribution in [2.45, 2.75) is 75.6 Å². The van der Waals surface area contributed by atoms with Gasteiger partial charge in [-0.25, -0.2) is 12.7 Å². The van der Waals surface area contributed by atoms with Gasteiger partial charge in [0.1, 0.15) is 0 Å². The molecule has 1 aromatic carbocycles. The van der Waals surface area contributed by atoms with Gasteiger partial charge in [-0.2, -0.15) is 21.6 Å². The van der Waals surface area contributed by atoms with E-state index in [0.717, 1.165) is 11.6 Å². The van der Waals surface area contributed by atoms with Crippen LogP contribution in [0.15, 0.2) is 41.1 Å². The molecule has 13 heteroatoms. The van der Waals surface area contributed by atoms with Gasteiger partial charge in [0, 0.05) is 0 Å². The van der Waals surface area contributed by atoms with Crippen LogP contribution in [0, 0.1) is 12.8 Å². The predicted octanol–water partition coefficient (Wildman–Crippen LogP) is 5.12. The van der Waals surface area contributed by atoms with E-state index >= 15 is 0 Å². The molecule has 0 saturated carbocycles. The number of aryl methyl sites for hydroxylation is 1. The minimum Gasteiger partial charge on any atom is -0.415 e. The highest BCUT2D eigenvalue weighted by Crippen LogP contribution is 2.45. The number of alkyl halides is 3. The number of benzene rings is 1. The second-order valence-corrected chi connectivity index (χ2v) is 17.7. The first-order valence-corrected chi connectivity index (χ1v) is 16.5. The second kappa shape index (κ2) is 9.47. The number of sulfonamides is 1. The summed E-state index contributed by atoms with van der Waals surface area (Å²) < 4.78 is 100. The van der Waals surface area contributed by atoms with E-state index in [-0.39, 0.29) is 28.9 Å².